The van der Waals surface area contributed by atoms with E-state index in [4.69, 9.17) is 10.5 Å². The highest BCUT2D eigenvalue weighted by Gasteiger charge is 2.20. The molecule has 2 amide bonds. The van der Waals surface area contributed by atoms with Gasteiger partial charge in [0.15, 0.2) is 0 Å². The topological polar surface area (TPSA) is 84.7 Å². The lowest BCUT2D eigenvalue weighted by Crippen LogP contribution is -2.46. The molecule has 0 saturated carbocycles. The van der Waals surface area contributed by atoms with Crippen molar-refractivity contribution in [3.8, 4) is 0 Å². The van der Waals surface area contributed by atoms with E-state index >= 15 is 0 Å². The molecule has 1 heterocycles. The Morgan fingerprint density at radius 1 is 1.35 bits per heavy atom. The summed E-state index contributed by atoms with van der Waals surface area (Å²) in [6.07, 6.45) is 1.18. The van der Waals surface area contributed by atoms with Gasteiger partial charge in [-0.25, -0.2) is 0 Å². The third kappa shape index (κ3) is 6.07. The Hall–Kier alpha value is -0.850. The lowest BCUT2D eigenvalue weighted by molar-refractivity contribution is -0.135. The summed E-state index contributed by atoms with van der Waals surface area (Å²) in [4.78, 5) is 25.3. The van der Waals surface area contributed by atoms with Crippen molar-refractivity contribution in [2.75, 3.05) is 32.8 Å². The SMILES string of the molecule is CCC(C)C(N)C(=O)NCCC(=O)N1CCOCC1.Cl. The van der Waals surface area contributed by atoms with Gasteiger partial charge in [0.05, 0.1) is 19.3 Å². The molecule has 118 valence electrons. The summed E-state index contributed by atoms with van der Waals surface area (Å²) in [5.74, 6) is 0.0276. The summed E-state index contributed by atoms with van der Waals surface area (Å²) in [7, 11) is 0. The summed E-state index contributed by atoms with van der Waals surface area (Å²) < 4.78 is 5.18. The molecule has 0 spiro atoms. The van der Waals surface area contributed by atoms with Crippen LogP contribution in [0.25, 0.3) is 0 Å². The van der Waals surface area contributed by atoms with E-state index in [1.54, 1.807) is 4.90 Å². The molecule has 2 atom stereocenters. The Bertz CT molecular complexity index is 295. The second-order valence-corrected chi connectivity index (χ2v) is 4.95. The zero-order valence-electron chi connectivity index (χ0n) is 12.3. The highest BCUT2D eigenvalue weighted by Crippen LogP contribution is 2.05. The molecule has 3 N–H and O–H groups in total. The Labute approximate surface area is 126 Å². The number of rotatable bonds is 6. The molecule has 0 aromatic rings. The molecule has 0 bridgehead atoms. The summed E-state index contributed by atoms with van der Waals surface area (Å²) in [6.45, 7) is 6.76. The van der Waals surface area contributed by atoms with E-state index in [9.17, 15) is 9.59 Å². The van der Waals surface area contributed by atoms with Gasteiger partial charge in [-0.05, 0) is 5.92 Å². The lowest BCUT2D eigenvalue weighted by Gasteiger charge is -2.27. The van der Waals surface area contributed by atoms with Gasteiger partial charge in [-0.1, -0.05) is 20.3 Å². The molecule has 2 unspecified atom stereocenters. The molecule has 1 aliphatic heterocycles. The largest absolute Gasteiger partial charge is 0.378 e. The van der Waals surface area contributed by atoms with E-state index < -0.39 is 6.04 Å². The summed E-state index contributed by atoms with van der Waals surface area (Å²) in [5.41, 5.74) is 5.81. The van der Waals surface area contributed by atoms with Crippen LogP contribution in [0.2, 0.25) is 0 Å². The van der Waals surface area contributed by atoms with E-state index in [-0.39, 0.29) is 30.1 Å². The second kappa shape index (κ2) is 9.96. The zero-order chi connectivity index (χ0) is 14.3. The van der Waals surface area contributed by atoms with E-state index in [1.807, 2.05) is 13.8 Å². The van der Waals surface area contributed by atoms with Crippen molar-refractivity contribution in [1.82, 2.24) is 10.2 Å². The van der Waals surface area contributed by atoms with Gasteiger partial charge in [-0.15, -0.1) is 12.4 Å². The van der Waals surface area contributed by atoms with Crippen molar-refractivity contribution in [2.45, 2.75) is 32.7 Å². The maximum Gasteiger partial charge on any atom is 0.237 e. The summed E-state index contributed by atoms with van der Waals surface area (Å²) >= 11 is 0. The van der Waals surface area contributed by atoms with Gasteiger partial charge in [-0.2, -0.15) is 0 Å². The van der Waals surface area contributed by atoms with Gasteiger partial charge in [0, 0.05) is 26.1 Å². The van der Waals surface area contributed by atoms with Crippen LogP contribution in [0.5, 0.6) is 0 Å². The van der Waals surface area contributed by atoms with Crippen LogP contribution in [-0.4, -0.2) is 55.6 Å². The molecule has 0 radical (unpaired) electrons. The number of carbonyl (C=O) groups excluding carboxylic acids is 2. The lowest BCUT2D eigenvalue weighted by atomic mass is 9.99. The Morgan fingerprint density at radius 2 is 1.95 bits per heavy atom. The highest BCUT2D eigenvalue weighted by molar-refractivity contribution is 5.85. The third-order valence-corrected chi connectivity index (χ3v) is 3.56. The first-order chi connectivity index (χ1) is 9.06. The van der Waals surface area contributed by atoms with Crippen LogP contribution in [0.15, 0.2) is 0 Å². The van der Waals surface area contributed by atoms with E-state index in [1.165, 1.54) is 0 Å². The molecule has 0 aliphatic carbocycles. The molecule has 20 heavy (non-hydrogen) atoms. The van der Waals surface area contributed by atoms with Crippen LogP contribution in [0.4, 0.5) is 0 Å². The molecule has 1 saturated heterocycles. The molecule has 0 aromatic heterocycles. The number of halogens is 1. The normalized spacial score (nSPS) is 17.9. The number of hydrogen-bond acceptors (Lipinski definition) is 4. The summed E-state index contributed by atoms with van der Waals surface area (Å²) in [6, 6.07) is -0.497. The molecule has 0 aromatic carbocycles. The molecule has 7 heteroatoms. The first-order valence-corrected chi connectivity index (χ1v) is 6.95. The number of nitrogens with one attached hydrogen (secondary N) is 1. The fraction of sp³-hybridized carbons (Fsp3) is 0.846. The first kappa shape index (κ1) is 19.1. The predicted molar refractivity (Wildman–Crippen MR) is 79.7 cm³/mol. The second-order valence-electron chi connectivity index (χ2n) is 4.95. The smallest absolute Gasteiger partial charge is 0.237 e. The standard InChI is InChI=1S/C13H25N3O3.ClH/c1-3-10(2)12(14)13(18)15-5-4-11(17)16-6-8-19-9-7-16;/h10,12H,3-9,14H2,1-2H3,(H,15,18);1H. The monoisotopic (exact) mass is 307 g/mol. The van der Waals surface area contributed by atoms with E-state index in [2.05, 4.69) is 5.32 Å². The fourth-order valence-corrected chi connectivity index (χ4v) is 1.89. The van der Waals surface area contributed by atoms with Gasteiger partial charge in [-0.3, -0.25) is 9.59 Å². The maximum absolute atomic E-state index is 11.8. The van der Waals surface area contributed by atoms with Crippen LogP contribution in [-0.2, 0) is 14.3 Å². The van der Waals surface area contributed by atoms with Crippen molar-refractivity contribution in [3.05, 3.63) is 0 Å². The van der Waals surface area contributed by atoms with Gasteiger partial charge < -0.3 is 20.7 Å². The minimum atomic E-state index is -0.497. The number of carbonyl (C=O) groups is 2. The van der Waals surface area contributed by atoms with E-state index in [0.29, 0.717) is 39.3 Å². The van der Waals surface area contributed by atoms with Gasteiger partial charge in [0.25, 0.3) is 0 Å². The number of hydrogen-bond donors (Lipinski definition) is 2. The average Bonchev–Trinajstić information content (AvgIpc) is 2.46. The number of morpholine rings is 1. The zero-order valence-corrected chi connectivity index (χ0v) is 13.1. The van der Waals surface area contributed by atoms with Crippen molar-refractivity contribution in [2.24, 2.45) is 11.7 Å². The van der Waals surface area contributed by atoms with Crippen molar-refractivity contribution in [1.29, 1.82) is 0 Å². The molecular formula is C13H26ClN3O3. The van der Waals surface area contributed by atoms with Crippen LogP contribution < -0.4 is 11.1 Å². The van der Waals surface area contributed by atoms with Crippen LogP contribution in [0.1, 0.15) is 26.7 Å². The first-order valence-electron chi connectivity index (χ1n) is 6.95. The van der Waals surface area contributed by atoms with Crippen LogP contribution in [0, 0.1) is 5.92 Å². The molecule has 1 aliphatic rings. The summed E-state index contributed by atoms with van der Waals surface area (Å²) in [5, 5.41) is 2.72. The van der Waals surface area contributed by atoms with E-state index in [0.717, 1.165) is 6.42 Å². The molecular weight excluding hydrogens is 282 g/mol. The van der Waals surface area contributed by atoms with Crippen LogP contribution >= 0.6 is 12.4 Å². The minimum Gasteiger partial charge on any atom is -0.378 e. The Kier molecular flexibility index (Phi) is 9.54. The fourth-order valence-electron chi connectivity index (χ4n) is 1.89. The average molecular weight is 308 g/mol. The maximum atomic E-state index is 11.8. The third-order valence-electron chi connectivity index (χ3n) is 3.56. The molecule has 1 rings (SSSR count). The molecule has 6 nitrogen and oxygen atoms in total. The Balaban J connectivity index is 0.00000361. The van der Waals surface area contributed by atoms with Crippen molar-refractivity contribution < 1.29 is 14.3 Å². The minimum absolute atomic E-state index is 0. The molecule has 1 fully saturated rings. The number of nitrogens with zero attached hydrogens (tertiary/aromatic N) is 1. The van der Waals surface area contributed by atoms with Crippen LogP contribution in [0.3, 0.4) is 0 Å². The van der Waals surface area contributed by atoms with Crippen molar-refractivity contribution in [3.63, 3.8) is 0 Å². The highest BCUT2D eigenvalue weighted by atomic mass is 35.5. The van der Waals surface area contributed by atoms with Crippen molar-refractivity contribution >= 4 is 24.2 Å². The Morgan fingerprint density at radius 3 is 2.50 bits per heavy atom. The number of amides is 2. The van der Waals surface area contributed by atoms with Gasteiger partial charge in [0.1, 0.15) is 0 Å². The number of nitrogens with two attached hydrogens (primary N) is 1. The predicted octanol–water partition coefficient (Wildman–Crippen LogP) is 0.147. The quantitative estimate of drug-likeness (QED) is 0.731. The van der Waals surface area contributed by atoms with Gasteiger partial charge in [0.2, 0.25) is 11.8 Å². The van der Waals surface area contributed by atoms with Gasteiger partial charge >= 0.3 is 0 Å². The number of ether oxygens (including phenoxy) is 1.